The van der Waals surface area contributed by atoms with Gasteiger partial charge >= 0.3 is 5.97 Å². The fourth-order valence-electron chi connectivity index (χ4n) is 2.75. The number of carbonyl (C=O) groups excluding carboxylic acids is 3. The third-order valence-electron chi connectivity index (χ3n) is 4.54. The van der Waals surface area contributed by atoms with Crippen molar-refractivity contribution in [1.29, 1.82) is 0 Å². The van der Waals surface area contributed by atoms with Crippen LogP contribution in [0.1, 0.15) is 38.5 Å². The van der Waals surface area contributed by atoms with Crippen LogP contribution in [-0.2, 0) is 19.2 Å². The number of hydrogen-bond acceptors (Lipinski definition) is 8. The molecule has 0 aliphatic carbocycles. The number of nitrogens with one attached hydrogen (secondary N) is 3. The predicted octanol–water partition coefficient (Wildman–Crippen LogP) is -2.58. The van der Waals surface area contributed by atoms with E-state index in [2.05, 4.69) is 20.9 Å². The van der Waals surface area contributed by atoms with Gasteiger partial charge in [-0.15, -0.1) is 0 Å². The molecule has 0 saturated heterocycles. The Hall–Kier alpha value is -2.58. The number of thioether (sulfide) groups is 1. The summed E-state index contributed by atoms with van der Waals surface area (Å²) < 4.78 is 0. The molecule has 190 valence electrons. The minimum Gasteiger partial charge on any atom is -0.480 e. The summed E-state index contributed by atoms with van der Waals surface area (Å²) in [5.74, 6) is -2.34. The van der Waals surface area contributed by atoms with Crippen LogP contribution in [-0.4, -0.2) is 84.5 Å². The molecular weight excluding hydrogens is 452 g/mol. The van der Waals surface area contributed by atoms with Gasteiger partial charge in [0.15, 0.2) is 5.96 Å². The number of nitrogens with two attached hydrogens (primary N) is 4. The van der Waals surface area contributed by atoms with E-state index in [1.54, 1.807) is 11.8 Å². The molecule has 0 radical (unpaired) electrons. The molecule has 0 aromatic rings. The maximum Gasteiger partial charge on any atom is 0.322 e. The fraction of sp³-hybridized carbons (Fsp3) is 0.737. The monoisotopic (exact) mass is 490 g/mol. The molecule has 14 heteroatoms. The number of guanidine groups is 1. The van der Waals surface area contributed by atoms with E-state index >= 15 is 0 Å². The van der Waals surface area contributed by atoms with Gasteiger partial charge in [-0.2, -0.15) is 11.8 Å². The van der Waals surface area contributed by atoms with Crippen LogP contribution < -0.4 is 38.9 Å². The van der Waals surface area contributed by atoms with E-state index in [1.807, 2.05) is 6.26 Å². The first-order chi connectivity index (χ1) is 15.6. The number of unbranched alkanes of at least 4 members (excludes halogenated alkanes) is 1. The first kappa shape index (κ1) is 30.4. The average molecular weight is 491 g/mol. The zero-order valence-electron chi connectivity index (χ0n) is 19.0. The van der Waals surface area contributed by atoms with Crippen LogP contribution in [0.5, 0.6) is 0 Å². The Morgan fingerprint density at radius 1 is 0.939 bits per heavy atom. The Morgan fingerprint density at radius 2 is 1.55 bits per heavy atom. The van der Waals surface area contributed by atoms with Crippen molar-refractivity contribution in [3.8, 4) is 0 Å². The van der Waals surface area contributed by atoms with Crippen molar-refractivity contribution in [2.75, 3.05) is 31.6 Å². The number of hydrogen-bond donors (Lipinski definition) is 8. The highest BCUT2D eigenvalue weighted by Gasteiger charge is 2.27. The maximum absolute atomic E-state index is 12.9. The number of carbonyl (C=O) groups is 4. The molecule has 0 saturated carbocycles. The normalized spacial score (nSPS) is 13.3. The lowest BCUT2D eigenvalue weighted by atomic mass is 10.1. The molecule has 33 heavy (non-hydrogen) atoms. The van der Waals surface area contributed by atoms with E-state index in [9.17, 15) is 19.2 Å². The van der Waals surface area contributed by atoms with Crippen LogP contribution in [0, 0.1) is 0 Å². The van der Waals surface area contributed by atoms with Gasteiger partial charge in [0.05, 0.1) is 6.04 Å². The highest BCUT2D eigenvalue weighted by molar-refractivity contribution is 7.98. The van der Waals surface area contributed by atoms with E-state index in [0.29, 0.717) is 44.4 Å². The summed E-state index contributed by atoms with van der Waals surface area (Å²) >= 11 is 1.55. The zero-order chi connectivity index (χ0) is 25.2. The van der Waals surface area contributed by atoms with Crippen LogP contribution in [0.3, 0.4) is 0 Å². The van der Waals surface area contributed by atoms with Crippen molar-refractivity contribution in [3.63, 3.8) is 0 Å². The van der Waals surface area contributed by atoms with Crippen molar-refractivity contribution >= 4 is 41.4 Å². The van der Waals surface area contributed by atoms with Crippen LogP contribution in [0.2, 0.25) is 0 Å². The average Bonchev–Trinajstić information content (AvgIpc) is 2.76. The van der Waals surface area contributed by atoms with Crippen LogP contribution in [0.4, 0.5) is 0 Å². The van der Waals surface area contributed by atoms with E-state index in [-0.39, 0.29) is 18.9 Å². The lowest BCUT2D eigenvalue weighted by Crippen LogP contribution is -2.56. The van der Waals surface area contributed by atoms with Crippen molar-refractivity contribution in [2.24, 2.45) is 27.9 Å². The topological polar surface area (TPSA) is 241 Å². The summed E-state index contributed by atoms with van der Waals surface area (Å²) in [7, 11) is 0. The van der Waals surface area contributed by atoms with E-state index < -0.39 is 48.4 Å². The van der Waals surface area contributed by atoms with Gasteiger partial charge in [-0.1, -0.05) is 0 Å². The summed E-state index contributed by atoms with van der Waals surface area (Å²) in [6.07, 6.45) is 4.40. The summed E-state index contributed by atoms with van der Waals surface area (Å²) in [5.41, 5.74) is 22.0. The Bertz CT molecular complexity index is 660. The standard InChI is InChI=1S/C19H38N8O5S/c1-33-10-7-12(21)16(30)26-14(5-2-3-8-20)18(32)27-13(6-4-9-24-19(22)23)17(31)25-11-15(28)29/h12-14H,2-11,20-21H2,1H3,(H,25,31)(H,26,30)(H,27,32)(H,28,29)(H4,22,23,24). The number of rotatable bonds is 18. The number of aliphatic carboxylic acids is 1. The molecule has 0 aromatic carbocycles. The summed E-state index contributed by atoms with van der Waals surface area (Å²) in [6, 6.07) is -2.72. The first-order valence-corrected chi connectivity index (χ1v) is 12.1. The van der Waals surface area contributed by atoms with Gasteiger partial charge in [-0.05, 0) is 57.1 Å². The quantitative estimate of drug-likeness (QED) is 0.0566. The molecule has 0 bridgehead atoms. The third kappa shape index (κ3) is 15.0. The molecule has 12 N–H and O–H groups in total. The van der Waals surface area contributed by atoms with Crippen LogP contribution >= 0.6 is 11.8 Å². The van der Waals surface area contributed by atoms with Crippen molar-refractivity contribution in [1.82, 2.24) is 16.0 Å². The maximum atomic E-state index is 12.9. The van der Waals surface area contributed by atoms with Gasteiger partial charge < -0.3 is 44.0 Å². The highest BCUT2D eigenvalue weighted by Crippen LogP contribution is 2.06. The smallest absolute Gasteiger partial charge is 0.322 e. The molecule has 0 heterocycles. The Labute approximate surface area is 198 Å². The minimum atomic E-state index is -1.22. The van der Waals surface area contributed by atoms with Gasteiger partial charge in [-0.3, -0.25) is 24.2 Å². The summed E-state index contributed by atoms with van der Waals surface area (Å²) in [6.45, 7) is 0.0580. The predicted molar refractivity (Wildman–Crippen MR) is 128 cm³/mol. The number of carboxylic acids is 1. The van der Waals surface area contributed by atoms with E-state index in [0.717, 1.165) is 0 Å². The molecule has 0 aliphatic heterocycles. The molecule has 0 rings (SSSR count). The number of amides is 3. The number of carboxylic acid groups (broad SMARTS) is 1. The second kappa shape index (κ2) is 17.9. The molecule has 0 aliphatic rings. The minimum absolute atomic E-state index is 0.105. The highest BCUT2D eigenvalue weighted by atomic mass is 32.2. The van der Waals surface area contributed by atoms with Crippen LogP contribution in [0.15, 0.2) is 4.99 Å². The zero-order valence-corrected chi connectivity index (χ0v) is 19.9. The van der Waals surface area contributed by atoms with Gasteiger partial charge in [0.25, 0.3) is 0 Å². The lowest BCUT2D eigenvalue weighted by Gasteiger charge is -2.24. The first-order valence-electron chi connectivity index (χ1n) is 10.7. The van der Waals surface area contributed by atoms with Crippen molar-refractivity contribution in [2.45, 2.75) is 56.7 Å². The molecular formula is C19H38N8O5S. The molecule has 0 fully saturated rings. The summed E-state index contributed by atoms with van der Waals surface area (Å²) in [5, 5.41) is 16.3. The fourth-order valence-corrected chi connectivity index (χ4v) is 3.24. The van der Waals surface area contributed by atoms with Gasteiger partial charge in [0.2, 0.25) is 17.7 Å². The Morgan fingerprint density at radius 3 is 2.12 bits per heavy atom. The SMILES string of the molecule is CSCCC(N)C(=O)NC(CCCCN)C(=O)NC(CCCN=C(N)N)C(=O)NCC(=O)O. The molecule has 0 spiro atoms. The van der Waals surface area contributed by atoms with Gasteiger partial charge in [-0.25, -0.2) is 0 Å². The van der Waals surface area contributed by atoms with Crippen molar-refractivity contribution in [3.05, 3.63) is 0 Å². The number of nitrogens with zero attached hydrogens (tertiary/aromatic N) is 1. The second-order valence-corrected chi connectivity index (χ2v) is 8.34. The Balaban J connectivity index is 5.28. The molecule has 3 amide bonds. The molecule has 13 nitrogen and oxygen atoms in total. The van der Waals surface area contributed by atoms with Crippen molar-refractivity contribution < 1.29 is 24.3 Å². The molecule has 3 atom stereocenters. The van der Waals surface area contributed by atoms with Gasteiger partial charge in [0.1, 0.15) is 18.6 Å². The lowest BCUT2D eigenvalue weighted by molar-refractivity contribution is -0.138. The van der Waals surface area contributed by atoms with Gasteiger partial charge in [0, 0.05) is 6.54 Å². The largest absolute Gasteiger partial charge is 0.480 e. The molecule has 3 unspecified atom stereocenters. The second-order valence-electron chi connectivity index (χ2n) is 7.36. The third-order valence-corrected chi connectivity index (χ3v) is 5.19. The summed E-state index contributed by atoms with van der Waals surface area (Å²) in [4.78, 5) is 52.4. The number of aliphatic imine (C=N–C) groups is 1. The van der Waals surface area contributed by atoms with E-state index in [1.165, 1.54) is 0 Å². The van der Waals surface area contributed by atoms with Crippen LogP contribution in [0.25, 0.3) is 0 Å². The Kier molecular flexibility index (Phi) is 16.5. The van der Waals surface area contributed by atoms with E-state index in [4.69, 9.17) is 28.0 Å². The molecule has 0 aromatic heterocycles.